The molecule has 0 aliphatic carbocycles. The van der Waals surface area contributed by atoms with Crippen LogP contribution >= 0.6 is 0 Å². The molecule has 2 aromatic rings. The van der Waals surface area contributed by atoms with Crippen molar-refractivity contribution in [2.75, 3.05) is 11.9 Å². The number of hydrogen-bond acceptors (Lipinski definition) is 4. The second-order valence-corrected chi connectivity index (χ2v) is 5.24. The maximum Gasteiger partial charge on any atom is 0.354 e. The first-order valence-electron chi connectivity index (χ1n) is 7.70. The summed E-state index contributed by atoms with van der Waals surface area (Å²) in [6, 6.07) is 9.30. The molecule has 0 radical (unpaired) electrons. The van der Waals surface area contributed by atoms with Gasteiger partial charge in [0.1, 0.15) is 5.75 Å². The number of nitrogens with one attached hydrogen (secondary N) is 3. The maximum absolute atomic E-state index is 11.4. The third-order valence-electron chi connectivity index (χ3n) is 2.95. The first kappa shape index (κ1) is 17.4. The summed E-state index contributed by atoms with van der Waals surface area (Å²) in [6.45, 7) is 7.75. The van der Waals surface area contributed by atoms with Crippen LogP contribution in [-0.2, 0) is 4.79 Å². The van der Waals surface area contributed by atoms with Crippen LogP contribution < -0.4 is 20.4 Å². The molecule has 0 fully saturated rings. The Morgan fingerprint density at radius 2 is 1.79 bits per heavy atom. The van der Waals surface area contributed by atoms with Crippen LogP contribution in [0.25, 0.3) is 0 Å². The van der Waals surface area contributed by atoms with Crippen LogP contribution in [0.5, 0.6) is 5.75 Å². The predicted molar refractivity (Wildman–Crippen MR) is 92.2 cm³/mol. The molecule has 2 rings (SSSR count). The Bertz CT molecular complexity index is 721. The van der Waals surface area contributed by atoms with Gasteiger partial charge >= 0.3 is 5.95 Å². The fourth-order valence-corrected chi connectivity index (χ4v) is 2.11. The Morgan fingerprint density at radius 1 is 1.17 bits per heavy atom. The van der Waals surface area contributed by atoms with Crippen LogP contribution in [0, 0.1) is 13.8 Å². The van der Waals surface area contributed by atoms with E-state index in [2.05, 4.69) is 25.6 Å². The molecule has 0 unspecified atom stereocenters. The van der Waals surface area contributed by atoms with E-state index in [1.54, 1.807) is 0 Å². The summed E-state index contributed by atoms with van der Waals surface area (Å²) in [6.07, 6.45) is 0. The highest BCUT2D eigenvalue weighted by Crippen LogP contribution is 2.15. The van der Waals surface area contributed by atoms with E-state index in [1.807, 2.05) is 51.1 Å². The van der Waals surface area contributed by atoms with E-state index in [0.29, 0.717) is 18.5 Å². The molecular weight excluding hydrogens is 306 g/mol. The lowest BCUT2D eigenvalue weighted by molar-refractivity contribution is -0.366. The second kappa shape index (κ2) is 8.05. The van der Waals surface area contributed by atoms with Crippen molar-refractivity contribution >= 4 is 23.5 Å². The van der Waals surface area contributed by atoms with Gasteiger partial charge < -0.3 is 4.74 Å². The smallest absolute Gasteiger partial charge is 0.354 e. The molecule has 0 aliphatic rings. The minimum atomic E-state index is -0.208. The van der Waals surface area contributed by atoms with Gasteiger partial charge in [-0.2, -0.15) is 0 Å². The average Bonchev–Trinajstić information content (AvgIpc) is 2.47. The van der Waals surface area contributed by atoms with Gasteiger partial charge in [-0.1, -0.05) is 0 Å². The Morgan fingerprint density at radius 3 is 2.33 bits per heavy atom. The molecule has 3 N–H and O–H groups in total. The number of nitrogens with zero attached hydrogens (tertiary/aromatic N) is 2. The number of guanidine groups is 1. The lowest BCUT2D eigenvalue weighted by Crippen LogP contribution is -2.74. The molecular formula is C17H22N5O2+. The number of ether oxygens (including phenoxy) is 1. The van der Waals surface area contributed by atoms with Crippen LogP contribution in [0.4, 0.5) is 11.6 Å². The van der Waals surface area contributed by atoms with Crippen molar-refractivity contribution in [3.05, 3.63) is 41.7 Å². The van der Waals surface area contributed by atoms with E-state index in [9.17, 15) is 4.79 Å². The molecule has 0 bridgehead atoms. The van der Waals surface area contributed by atoms with Crippen molar-refractivity contribution in [3.63, 3.8) is 0 Å². The molecule has 1 heterocycles. The van der Waals surface area contributed by atoms with Gasteiger partial charge in [-0.05, 0) is 45.0 Å². The minimum Gasteiger partial charge on any atom is -0.494 e. The van der Waals surface area contributed by atoms with Crippen LogP contribution in [-0.4, -0.2) is 28.4 Å². The number of benzene rings is 1. The van der Waals surface area contributed by atoms with Crippen molar-refractivity contribution in [1.82, 2.24) is 15.3 Å². The van der Waals surface area contributed by atoms with Gasteiger partial charge in [0.25, 0.3) is 11.9 Å². The number of anilines is 1. The first-order valence-corrected chi connectivity index (χ1v) is 7.70. The summed E-state index contributed by atoms with van der Waals surface area (Å²) in [7, 11) is 0. The Kier molecular flexibility index (Phi) is 5.83. The van der Waals surface area contributed by atoms with E-state index in [4.69, 9.17) is 4.74 Å². The molecule has 0 spiro atoms. The summed E-state index contributed by atoms with van der Waals surface area (Å²) in [4.78, 5) is 23.0. The summed E-state index contributed by atoms with van der Waals surface area (Å²) < 4.78 is 5.41. The number of hydrogen-bond donors (Lipinski definition) is 3. The Hall–Kier alpha value is -2.96. The van der Waals surface area contributed by atoms with Crippen molar-refractivity contribution in [3.8, 4) is 5.75 Å². The quantitative estimate of drug-likeness (QED) is 0.571. The van der Waals surface area contributed by atoms with Gasteiger partial charge in [0.15, 0.2) is 0 Å². The third kappa shape index (κ3) is 5.35. The lowest BCUT2D eigenvalue weighted by atomic mass is 10.3. The van der Waals surface area contributed by atoms with E-state index >= 15 is 0 Å². The molecule has 0 aliphatic heterocycles. The zero-order valence-electron chi connectivity index (χ0n) is 14.3. The summed E-state index contributed by atoms with van der Waals surface area (Å²) >= 11 is 0. The predicted octanol–water partition coefficient (Wildman–Crippen LogP) is 0.808. The van der Waals surface area contributed by atoms with E-state index in [-0.39, 0.29) is 5.91 Å². The van der Waals surface area contributed by atoms with Gasteiger partial charge in [0.05, 0.1) is 23.7 Å². The Balaban J connectivity index is 2.24. The molecule has 24 heavy (non-hydrogen) atoms. The number of aryl methyl sites for hydroxylation is 2. The third-order valence-corrected chi connectivity index (χ3v) is 2.95. The van der Waals surface area contributed by atoms with Crippen LogP contribution in [0.1, 0.15) is 25.2 Å². The van der Waals surface area contributed by atoms with E-state index < -0.39 is 0 Å². The number of carbonyl (C=O) groups is 1. The fourth-order valence-electron chi connectivity index (χ4n) is 2.11. The van der Waals surface area contributed by atoms with Gasteiger partial charge in [0, 0.05) is 13.0 Å². The highest BCUT2D eigenvalue weighted by atomic mass is 16.5. The fraction of sp³-hybridized carbons (Fsp3) is 0.294. The summed E-state index contributed by atoms with van der Waals surface area (Å²) in [5, 5.41) is 5.80. The standard InChI is InChI=1S/C17H21N5O2/c1-5-24-15-8-6-14(7-9-15)21-17(20-13(4)23)22-16-18-11(2)10-12(3)19-16/h6-10H,5H2,1-4H3,(H2,18,19,20,21,22,23)/p+1. The highest BCUT2D eigenvalue weighted by Gasteiger charge is 2.11. The molecule has 126 valence electrons. The zero-order chi connectivity index (χ0) is 17.5. The number of rotatable bonds is 4. The maximum atomic E-state index is 11.4. The number of aromatic nitrogens is 2. The molecule has 1 aromatic heterocycles. The molecule has 0 saturated carbocycles. The van der Waals surface area contributed by atoms with E-state index in [0.717, 1.165) is 22.8 Å². The molecule has 0 atom stereocenters. The largest absolute Gasteiger partial charge is 0.494 e. The average molecular weight is 328 g/mol. The second-order valence-electron chi connectivity index (χ2n) is 5.24. The first-order chi connectivity index (χ1) is 11.5. The minimum absolute atomic E-state index is 0.208. The summed E-state index contributed by atoms with van der Waals surface area (Å²) in [5.41, 5.74) is 2.47. The highest BCUT2D eigenvalue weighted by molar-refractivity contribution is 6.00. The van der Waals surface area contributed by atoms with Gasteiger partial charge in [-0.25, -0.2) is 10.3 Å². The van der Waals surface area contributed by atoms with Crippen LogP contribution in [0.15, 0.2) is 30.3 Å². The van der Waals surface area contributed by atoms with Gasteiger partial charge in [0.2, 0.25) is 0 Å². The van der Waals surface area contributed by atoms with Crippen molar-refractivity contribution in [2.24, 2.45) is 0 Å². The Labute approximate surface area is 141 Å². The molecule has 7 heteroatoms. The van der Waals surface area contributed by atoms with Gasteiger partial charge in [-0.3, -0.25) is 10.1 Å². The van der Waals surface area contributed by atoms with Gasteiger partial charge in [-0.15, -0.1) is 9.97 Å². The zero-order valence-corrected chi connectivity index (χ0v) is 14.3. The molecule has 1 amide bonds. The SMILES string of the molecule is CCOc1ccc(NC(NC(C)=O)=[NH+]c2nc(C)cc(C)n2)cc1. The molecule has 1 aromatic carbocycles. The van der Waals surface area contributed by atoms with Crippen LogP contribution in [0.2, 0.25) is 0 Å². The lowest BCUT2D eigenvalue weighted by Gasteiger charge is -2.07. The van der Waals surface area contributed by atoms with Crippen LogP contribution in [0.3, 0.4) is 0 Å². The van der Waals surface area contributed by atoms with Crippen molar-refractivity contribution < 1.29 is 14.5 Å². The summed E-state index contributed by atoms with van der Waals surface area (Å²) in [5.74, 6) is 1.38. The topological polar surface area (TPSA) is 90.1 Å². The number of carbonyl (C=O) groups excluding carboxylic acids is 1. The number of amides is 1. The monoisotopic (exact) mass is 328 g/mol. The van der Waals surface area contributed by atoms with E-state index in [1.165, 1.54) is 6.92 Å². The molecule has 0 saturated heterocycles. The van der Waals surface area contributed by atoms with Crippen molar-refractivity contribution in [2.45, 2.75) is 27.7 Å². The van der Waals surface area contributed by atoms with Crippen molar-refractivity contribution in [1.29, 1.82) is 0 Å². The normalized spacial score (nSPS) is 11.1. The molecule has 7 nitrogen and oxygen atoms in total.